The summed E-state index contributed by atoms with van der Waals surface area (Å²) in [6.07, 6.45) is 0.000648. The minimum Gasteiger partial charge on any atom is -0.388 e. The summed E-state index contributed by atoms with van der Waals surface area (Å²) in [6.45, 7) is 5.02. The van der Waals surface area contributed by atoms with Gasteiger partial charge in [0.15, 0.2) is 12.1 Å². The lowest BCUT2D eigenvalue weighted by atomic mass is 9.43. The quantitative estimate of drug-likeness (QED) is 0.456. The van der Waals surface area contributed by atoms with Crippen LogP contribution in [-0.4, -0.2) is 56.4 Å². The van der Waals surface area contributed by atoms with Crippen molar-refractivity contribution in [1.29, 1.82) is 0 Å². The van der Waals surface area contributed by atoms with E-state index < -0.39 is 40.2 Å². The van der Waals surface area contributed by atoms with Crippen molar-refractivity contribution in [3.63, 3.8) is 0 Å². The van der Waals surface area contributed by atoms with Crippen LogP contribution in [-0.2, 0) is 9.47 Å². The molecule has 6 nitrogen and oxygen atoms in total. The standard InChI is InChI=1S/C15H22O6/c1-8-4-5-14(18)11(2)7-20-10-9(16)13(8,14)6-15(19,21-10)12(11,3)17/h4,9-10,16-19H,5-7H2,1-3H3/t9-,10?,11-,12+,13-,14-,15+/m0/s1. The first-order chi connectivity index (χ1) is 9.56. The van der Waals surface area contributed by atoms with Crippen LogP contribution in [0.5, 0.6) is 0 Å². The summed E-state index contributed by atoms with van der Waals surface area (Å²) < 4.78 is 11.1. The second-order valence-electron chi connectivity index (χ2n) is 7.53. The highest BCUT2D eigenvalue weighted by Crippen LogP contribution is 2.72. The molecule has 0 amide bonds. The van der Waals surface area contributed by atoms with Crippen molar-refractivity contribution in [2.75, 3.05) is 6.61 Å². The lowest BCUT2D eigenvalue weighted by Gasteiger charge is -2.68. The number of aliphatic hydroxyl groups excluding tert-OH is 1. The van der Waals surface area contributed by atoms with Crippen LogP contribution in [0.15, 0.2) is 11.6 Å². The molecule has 3 saturated heterocycles. The summed E-state index contributed by atoms with van der Waals surface area (Å²) in [7, 11) is 0. The zero-order valence-corrected chi connectivity index (χ0v) is 12.5. The van der Waals surface area contributed by atoms with E-state index >= 15 is 0 Å². The minimum absolute atomic E-state index is 0.00338. The van der Waals surface area contributed by atoms with Crippen LogP contribution in [0.2, 0.25) is 0 Å². The van der Waals surface area contributed by atoms with E-state index in [9.17, 15) is 20.4 Å². The zero-order chi connectivity index (χ0) is 15.5. The van der Waals surface area contributed by atoms with Gasteiger partial charge in [-0.05, 0) is 20.3 Å². The van der Waals surface area contributed by atoms with Gasteiger partial charge in [0.05, 0.1) is 23.0 Å². The highest BCUT2D eigenvalue weighted by atomic mass is 16.8. The molecule has 7 atom stereocenters. The van der Waals surface area contributed by atoms with Crippen LogP contribution >= 0.6 is 0 Å². The molecule has 2 aliphatic carbocycles. The number of hydrogen-bond acceptors (Lipinski definition) is 6. The van der Waals surface area contributed by atoms with Gasteiger partial charge in [-0.1, -0.05) is 18.6 Å². The molecule has 1 unspecified atom stereocenters. The molecule has 1 saturated carbocycles. The molecular weight excluding hydrogens is 276 g/mol. The van der Waals surface area contributed by atoms with E-state index in [-0.39, 0.29) is 13.0 Å². The summed E-state index contributed by atoms with van der Waals surface area (Å²) in [5.74, 6) is -1.87. The molecule has 4 fully saturated rings. The monoisotopic (exact) mass is 298 g/mol. The predicted octanol–water partition coefficient (Wildman–Crippen LogP) is -0.349. The van der Waals surface area contributed by atoms with E-state index in [1.807, 2.05) is 13.0 Å². The number of hydrogen-bond donors (Lipinski definition) is 4. The van der Waals surface area contributed by atoms with Crippen molar-refractivity contribution >= 4 is 0 Å². The van der Waals surface area contributed by atoms with Gasteiger partial charge in [0, 0.05) is 6.42 Å². The maximum absolute atomic E-state index is 11.5. The Morgan fingerprint density at radius 1 is 1.24 bits per heavy atom. The minimum atomic E-state index is -1.87. The molecule has 4 bridgehead atoms. The molecule has 6 heteroatoms. The summed E-state index contributed by atoms with van der Waals surface area (Å²) in [4.78, 5) is 0. The Morgan fingerprint density at radius 2 is 1.90 bits per heavy atom. The molecule has 0 radical (unpaired) electrons. The lowest BCUT2D eigenvalue weighted by Crippen LogP contribution is -2.82. The van der Waals surface area contributed by atoms with Gasteiger partial charge in [0.1, 0.15) is 11.7 Å². The normalized spacial score (nSPS) is 65.2. The fraction of sp³-hybridized carbons (Fsp3) is 0.867. The summed E-state index contributed by atoms with van der Waals surface area (Å²) >= 11 is 0. The second-order valence-corrected chi connectivity index (χ2v) is 7.53. The number of aliphatic hydroxyl groups is 4. The van der Waals surface area contributed by atoms with Crippen LogP contribution in [0.25, 0.3) is 0 Å². The van der Waals surface area contributed by atoms with Gasteiger partial charge < -0.3 is 29.9 Å². The van der Waals surface area contributed by atoms with Crippen molar-refractivity contribution in [2.24, 2.45) is 10.8 Å². The van der Waals surface area contributed by atoms with Gasteiger partial charge in [-0.3, -0.25) is 0 Å². The van der Waals surface area contributed by atoms with E-state index in [1.165, 1.54) is 6.92 Å². The van der Waals surface area contributed by atoms with Gasteiger partial charge in [-0.2, -0.15) is 0 Å². The van der Waals surface area contributed by atoms with Gasteiger partial charge >= 0.3 is 0 Å². The van der Waals surface area contributed by atoms with Crippen molar-refractivity contribution in [3.8, 4) is 0 Å². The third-order valence-electron chi connectivity index (χ3n) is 7.02. The summed E-state index contributed by atoms with van der Waals surface area (Å²) in [6, 6.07) is 0. The van der Waals surface area contributed by atoms with Crippen LogP contribution in [0, 0.1) is 10.8 Å². The predicted molar refractivity (Wildman–Crippen MR) is 70.9 cm³/mol. The lowest BCUT2D eigenvalue weighted by molar-refractivity contribution is -0.440. The van der Waals surface area contributed by atoms with E-state index in [2.05, 4.69) is 0 Å². The topological polar surface area (TPSA) is 99.4 Å². The van der Waals surface area contributed by atoms with Gasteiger partial charge in [0.25, 0.3) is 0 Å². The van der Waals surface area contributed by atoms with Gasteiger partial charge in [-0.15, -0.1) is 0 Å². The Hall–Kier alpha value is -0.500. The second kappa shape index (κ2) is 3.37. The number of rotatable bonds is 0. The van der Waals surface area contributed by atoms with Crippen LogP contribution in [0.3, 0.4) is 0 Å². The number of ether oxygens (including phenoxy) is 2. The first-order valence-electron chi connectivity index (χ1n) is 7.38. The van der Waals surface area contributed by atoms with E-state index in [4.69, 9.17) is 9.47 Å². The first-order valence-corrected chi connectivity index (χ1v) is 7.38. The highest BCUT2D eigenvalue weighted by molar-refractivity contribution is 5.40. The van der Waals surface area contributed by atoms with Crippen LogP contribution < -0.4 is 0 Å². The molecular formula is C15H22O6. The maximum Gasteiger partial charge on any atom is 0.199 e. The van der Waals surface area contributed by atoms with E-state index in [0.29, 0.717) is 6.42 Å². The molecule has 3 heterocycles. The van der Waals surface area contributed by atoms with Crippen molar-refractivity contribution in [1.82, 2.24) is 0 Å². The van der Waals surface area contributed by atoms with Gasteiger partial charge in [-0.25, -0.2) is 0 Å². The smallest absolute Gasteiger partial charge is 0.199 e. The Balaban J connectivity index is 2.07. The molecule has 5 rings (SSSR count). The Bertz CT molecular complexity index is 556. The third-order valence-corrected chi connectivity index (χ3v) is 7.02. The summed E-state index contributed by atoms with van der Waals surface area (Å²) in [5.41, 5.74) is -4.51. The largest absolute Gasteiger partial charge is 0.388 e. The average Bonchev–Trinajstić information content (AvgIpc) is 2.61. The third kappa shape index (κ3) is 1.08. The van der Waals surface area contributed by atoms with Crippen LogP contribution in [0.1, 0.15) is 33.6 Å². The molecule has 3 aliphatic heterocycles. The molecule has 4 N–H and O–H groups in total. The molecule has 0 aromatic heterocycles. The van der Waals surface area contributed by atoms with Gasteiger partial charge in [0.2, 0.25) is 0 Å². The van der Waals surface area contributed by atoms with Crippen molar-refractivity contribution in [2.45, 2.75) is 63.0 Å². The Labute approximate surface area is 123 Å². The fourth-order valence-corrected chi connectivity index (χ4v) is 5.24. The molecule has 1 spiro atoms. The van der Waals surface area contributed by atoms with Crippen molar-refractivity contribution < 1.29 is 29.9 Å². The fourth-order valence-electron chi connectivity index (χ4n) is 5.24. The van der Waals surface area contributed by atoms with Crippen molar-refractivity contribution in [3.05, 3.63) is 11.6 Å². The Kier molecular flexibility index (Phi) is 2.27. The molecule has 118 valence electrons. The molecule has 0 aromatic rings. The highest BCUT2D eigenvalue weighted by Gasteiger charge is 2.84. The molecule has 0 aromatic carbocycles. The van der Waals surface area contributed by atoms with E-state index in [0.717, 1.165) is 5.57 Å². The average molecular weight is 298 g/mol. The Morgan fingerprint density at radius 3 is 2.57 bits per heavy atom. The molecule has 21 heavy (non-hydrogen) atoms. The maximum atomic E-state index is 11.5. The molecule has 5 aliphatic rings. The SMILES string of the molecule is CC1=CC[C@]2(O)[C@@]3(C)COC4O[C@](O)(C[C@@]12[C@H]4O)[C@]3(C)O. The van der Waals surface area contributed by atoms with E-state index in [1.54, 1.807) is 6.92 Å². The first kappa shape index (κ1) is 14.1. The zero-order valence-electron chi connectivity index (χ0n) is 12.5. The number of fused-ring (bicyclic) bond motifs is 1. The van der Waals surface area contributed by atoms with Crippen LogP contribution in [0.4, 0.5) is 0 Å². The summed E-state index contributed by atoms with van der Waals surface area (Å²) in [5, 5.41) is 44.3.